The van der Waals surface area contributed by atoms with Gasteiger partial charge >= 0.3 is 0 Å². The third-order valence-corrected chi connectivity index (χ3v) is 8.41. The van der Waals surface area contributed by atoms with Crippen LogP contribution in [0.3, 0.4) is 0 Å². The molecule has 3 rings (SSSR count). The predicted molar refractivity (Wildman–Crippen MR) is 165 cm³/mol. The number of hydrogen-bond donors (Lipinski definition) is 1. The molecule has 0 fully saturated rings. The fraction of sp³-hybridized carbons (Fsp3) is 0.333. The summed E-state index contributed by atoms with van der Waals surface area (Å²) in [7, 11) is -3.87. The van der Waals surface area contributed by atoms with Crippen LogP contribution in [0.25, 0.3) is 0 Å². The van der Waals surface area contributed by atoms with Crippen LogP contribution in [-0.4, -0.2) is 50.5 Å². The molecule has 1 atom stereocenters. The Labute approximate surface area is 250 Å². The number of amides is 2. The van der Waals surface area contributed by atoms with E-state index in [-0.39, 0.29) is 24.8 Å². The summed E-state index contributed by atoms with van der Waals surface area (Å²) in [6.45, 7) is 5.76. The molecule has 10 heteroatoms. The van der Waals surface area contributed by atoms with Crippen LogP contribution in [0.5, 0.6) is 0 Å². The third kappa shape index (κ3) is 8.81. The van der Waals surface area contributed by atoms with Crippen molar-refractivity contribution in [1.29, 1.82) is 0 Å². The van der Waals surface area contributed by atoms with Gasteiger partial charge in [-0.25, -0.2) is 8.42 Å². The Hall–Kier alpha value is -2.88. The van der Waals surface area contributed by atoms with Crippen LogP contribution in [-0.2, 0) is 32.6 Å². The monoisotopic (exact) mass is 647 g/mol. The number of carbonyl (C=O) groups is 2. The van der Waals surface area contributed by atoms with Crippen molar-refractivity contribution in [2.75, 3.05) is 23.7 Å². The van der Waals surface area contributed by atoms with Gasteiger partial charge in [0.2, 0.25) is 21.8 Å². The minimum atomic E-state index is -3.87. The molecular weight excluding hydrogens is 614 g/mol. The first kappa shape index (κ1) is 31.6. The molecule has 0 saturated carbocycles. The van der Waals surface area contributed by atoms with Gasteiger partial charge in [0.05, 0.1) is 11.9 Å². The summed E-state index contributed by atoms with van der Waals surface area (Å²) in [5.41, 5.74) is 2.53. The van der Waals surface area contributed by atoms with Crippen molar-refractivity contribution in [3.8, 4) is 0 Å². The number of rotatable bonds is 12. The van der Waals surface area contributed by atoms with Gasteiger partial charge in [-0.3, -0.25) is 13.9 Å². The SMILES string of the molecule is Cc1c(Cl)cccc1N(CC(=O)N(Cc1cccc(Br)c1)[C@H](Cc1ccccc1)C(=O)NCC(C)C)S(C)(=O)=O. The van der Waals surface area contributed by atoms with E-state index in [1.807, 2.05) is 68.4 Å². The number of hydrogen-bond acceptors (Lipinski definition) is 4. The first-order valence-electron chi connectivity index (χ1n) is 12.9. The van der Waals surface area contributed by atoms with Gasteiger partial charge in [0.25, 0.3) is 0 Å². The van der Waals surface area contributed by atoms with Crippen molar-refractivity contribution in [1.82, 2.24) is 10.2 Å². The summed E-state index contributed by atoms with van der Waals surface area (Å²) in [6.07, 6.45) is 1.32. The molecule has 3 aromatic rings. The highest BCUT2D eigenvalue weighted by molar-refractivity contribution is 9.10. The van der Waals surface area contributed by atoms with Gasteiger partial charge in [-0.05, 0) is 53.8 Å². The summed E-state index contributed by atoms with van der Waals surface area (Å²) in [4.78, 5) is 29.2. The van der Waals surface area contributed by atoms with Crippen LogP contribution in [0.4, 0.5) is 5.69 Å². The Morgan fingerprint density at radius 3 is 2.25 bits per heavy atom. The lowest BCUT2D eigenvalue weighted by Crippen LogP contribution is -2.53. The molecule has 3 aromatic carbocycles. The maximum Gasteiger partial charge on any atom is 0.244 e. The smallest absolute Gasteiger partial charge is 0.244 e. The standard InChI is InChI=1S/C30H35BrClN3O4S/c1-21(2)18-33-30(37)28(17-23-10-6-5-7-11-23)34(19-24-12-8-13-25(31)16-24)29(36)20-35(40(4,38)39)27-15-9-14-26(32)22(27)3/h5-16,21,28H,17-20H2,1-4H3,(H,33,37)/t28-/m1/s1. The van der Waals surface area contributed by atoms with Gasteiger partial charge in [-0.2, -0.15) is 0 Å². The van der Waals surface area contributed by atoms with Gasteiger partial charge in [0, 0.05) is 29.0 Å². The highest BCUT2D eigenvalue weighted by atomic mass is 79.9. The van der Waals surface area contributed by atoms with Gasteiger partial charge in [0.1, 0.15) is 12.6 Å². The molecule has 0 aliphatic carbocycles. The molecular formula is C30H35BrClN3O4S. The lowest BCUT2D eigenvalue weighted by Gasteiger charge is -2.34. The largest absolute Gasteiger partial charge is 0.354 e. The molecule has 0 aromatic heterocycles. The maximum absolute atomic E-state index is 14.1. The maximum atomic E-state index is 14.1. The van der Waals surface area contributed by atoms with Gasteiger partial charge in [0.15, 0.2) is 0 Å². The molecule has 0 aliphatic rings. The van der Waals surface area contributed by atoms with Gasteiger partial charge < -0.3 is 10.2 Å². The van der Waals surface area contributed by atoms with Crippen LogP contribution >= 0.6 is 27.5 Å². The Balaban J connectivity index is 2.07. The van der Waals surface area contributed by atoms with Crippen LogP contribution in [0.2, 0.25) is 5.02 Å². The molecule has 0 unspecified atom stereocenters. The molecule has 0 spiro atoms. The molecule has 40 heavy (non-hydrogen) atoms. The minimum Gasteiger partial charge on any atom is -0.354 e. The topological polar surface area (TPSA) is 86.8 Å². The number of nitrogens with one attached hydrogen (secondary N) is 1. The van der Waals surface area contributed by atoms with E-state index in [2.05, 4.69) is 21.2 Å². The third-order valence-electron chi connectivity index (χ3n) is 6.38. The molecule has 0 bridgehead atoms. The van der Waals surface area contributed by atoms with E-state index in [0.717, 1.165) is 26.2 Å². The zero-order valence-corrected chi connectivity index (χ0v) is 26.3. The second-order valence-corrected chi connectivity index (χ2v) is 13.4. The van der Waals surface area contributed by atoms with E-state index in [4.69, 9.17) is 11.6 Å². The van der Waals surface area contributed by atoms with Crippen molar-refractivity contribution in [3.05, 3.63) is 99.0 Å². The molecule has 0 heterocycles. The summed E-state index contributed by atoms with van der Waals surface area (Å²) in [6, 6.07) is 21.0. The first-order valence-corrected chi connectivity index (χ1v) is 16.0. The summed E-state index contributed by atoms with van der Waals surface area (Å²) in [5, 5.41) is 3.36. The highest BCUT2D eigenvalue weighted by Crippen LogP contribution is 2.29. The van der Waals surface area contributed by atoms with Crippen molar-refractivity contribution < 1.29 is 18.0 Å². The Morgan fingerprint density at radius 1 is 0.975 bits per heavy atom. The van der Waals surface area contributed by atoms with Crippen molar-refractivity contribution in [2.45, 2.75) is 39.8 Å². The van der Waals surface area contributed by atoms with Gasteiger partial charge in [-0.15, -0.1) is 0 Å². The number of nitrogens with zero attached hydrogens (tertiary/aromatic N) is 2. The molecule has 0 radical (unpaired) electrons. The molecule has 0 saturated heterocycles. The Bertz CT molecular complexity index is 1430. The quantitative estimate of drug-likeness (QED) is 0.278. The second-order valence-electron chi connectivity index (χ2n) is 10.1. The number of anilines is 1. The van der Waals surface area contributed by atoms with Crippen molar-refractivity contribution in [3.63, 3.8) is 0 Å². The van der Waals surface area contributed by atoms with Crippen LogP contribution in [0.1, 0.15) is 30.5 Å². The lowest BCUT2D eigenvalue weighted by atomic mass is 10.0. The average molecular weight is 649 g/mol. The van der Waals surface area contributed by atoms with E-state index in [1.165, 1.54) is 4.90 Å². The summed E-state index contributed by atoms with van der Waals surface area (Å²) in [5.74, 6) is -0.599. The Kier molecular flexibility index (Phi) is 11.2. The average Bonchev–Trinajstić information content (AvgIpc) is 2.89. The van der Waals surface area contributed by atoms with E-state index < -0.39 is 28.5 Å². The van der Waals surface area contributed by atoms with Crippen LogP contribution in [0.15, 0.2) is 77.3 Å². The zero-order chi connectivity index (χ0) is 29.4. The number of carbonyl (C=O) groups excluding carboxylic acids is 2. The molecule has 214 valence electrons. The van der Waals surface area contributed by atoms with E-state index in [0.29, 0.717) is 22.8 Å². The van der Waals surface area contributed by atoms with Crippen molar-refractivity contribution in [2.24, 2.45) is 5.92 Å². The number of halogens is 2. The van der Waals surface area contributed by atoms with Crippen molar-refractivity contribution >= 4 is 55.1 Å². The normalized spacial score (nSPS) is 12.2. The highest BCUT2D eigenvalue weighted by Gasteiger charge is 2.33. The molecule has 1 N–H and O–H groups in total. The van der Waals surface area contributed by atoms with E-state index >= 15 is 0 Å². The number of sulfonamides is 1. The van der Waals surface area contributed by atoms with Crippen LogP contribution in [0, 0.1) is 12.8 Å². The van der Waals surface area contributed by atoms with Crippen LogP contribution < -0.4 is 9.62 Å². The van der Waals surface area contributed by atoms with Gasteiger partial charge in [-0.1, -0.05) is 89.9 Å². The zero-order valence-electron chi connectivity index (χ0n) is 23.1. The minimum absolute atomic E-state index is 0.108. The second kappa shape index (κ2) is 14.1. The fourth-order valence-electron chi connectivity index (χ4n) is 4.27. The summed E-state index contributed by atoms with van der Waals surface area (Å²) < 4.78 is 27.8. The fourth-order valence-corrected chi connectivity index (χ4v) is 5.79. The molecule has 7 nitrogen and oxygen atoms in total. The summed E-state index contributed by atoms with van der Waals surface area (Å²) >= 11 is 9.78. The predicted octanol–water partition coefficient (Wildman–Crippen LogP) is 5.59. The first-order chi connectivity index (χ1) is 18.9. The Morgan fingerprint density at radius 2 is 1.62 bits per heavy atom. The molecule has 0 aliphatic heterocycles. The molecule has 2 amide bonds. The van der Waals surface area contributed by atoms with E-state index in [9.17, 15) is 18.0 Å². The number of benzene rings is 3. The lowest BCUT2D eigenvalue weighted by molar-refractivity contribution is -0.140. The van der Waals surface area contributed by atoms with E-state index in [1.54, 1.807) is 25.1 Å².